The van der Waals surface area contributed by atoms with Crippen LogP contribution in [0.2, 0.25) is 0 Å². The molecule has 39 heavy (non-hydrogen) atoms. The zero-order valence-corrected chi connectivity index (χ0v) is 21.6. The first kappa shape index (κ1) is 23.1. The Balaban J connectivity index is 1.52. The van der Waals surface area contributed by atoms with Crippen LogP contribution in [0.15, 0.2) is 127 Å². The van der Waals surface area contributed by atoms with Crippen LogP contribution in [0.4, 0.5) is 5.69 Å². The fourth-order valence-electron chi connectivity index (χ4n) is 5.79. The normalized spacial score (nSPS) is 11.5. The van der Waals surface area contributed by atoms with Crippen LogP contribution in [0.3, 0.4) is 0 Å². The third-order valence-corrected chi connectivity index (χ3v) is 7.64. The van der Waals surface area contributed by atoms with Crippen LogP contribution in [0, 0.1) is 0 Å². The van der Waals surface area contributed by atoms with Crippen LogP contribution < -0.4 is 15.2 Å². The van der Waals surface area contributed by atoms with Crippen molar-refractivity contribution in [1.29, 1.82) is 0 Å². The average molecular weight is 506 g/mol. The smallest absolute Gasteiger partial charge is 0.162 e. The predicted molar refractivity (Wildman–Crippen MR) is 163 cm³/mol. The van der Waals surface area contributed by atoms with Gasteiger partial charge in [0.1, 0.15) is 0 Å². The van der Waals surface area contributed by atoms with Gasteiger partial charge in [-0.3, -0.25) is 0 Å². The molecule has 7 rings (SSSR count). The van der Waals surface area contributed by atoms with Crippen molar-refractivity contribution in [2.45, 2.75) is 6.10 Å². The van der Waals surface area contributed by atoms with Crippen molar-refractivity contribution in [2.24, 2.45) is 0 Å². The number of benzene rings is 7. The largest absolute Gasteiger partial charge is 0.493 e. The number of hydrogen-bond acceptors (Lipinski definition) is 3. The van der Waals surface area contributed by atoms with E-state index < -0.39 is 6.10 Å². The highest BCUT2D eigenvalue weighted by atomic mass is 16.5. The fraction of sp³-hybridized carbons (Fsp3) is 0.0556. The van der Waals surface area contributed by atoms with Gasteiger partial charge in [0.05, 0.1) is 7.11 Å². The quantitative estimate of drug-likeness (QED) is 0.187. The van der Waals surface area contributed by atoms with Gasteiger partial charge in [0.2, 0.25) is 0 Å². The molecule has 0 saturated heterocycles. The minimum Gasteiger partial charge on any atom is -0.493 e. The Morgan fingerprint density at radius 2 is 1.03 bits per heavy atom. The molecular formula is C36H27NO2. The van der Waals surface area contributed by atoms with Crippen LogP contribution in [0.5, 0.6) is 11.5 Å². The summed E-state index contributed by atoms with van der Waals surface area (Å²) < 4.78 is 12.6. The maximum absolute atomic E-state index is 6.92. The van der Waals surface area contributed by atoms with Crippen molar-refractivity contribution in [3.63, 3.8) is 0 Å². The molecule has 0 spiro atoms. The number of fused-ring (bicyclic) bond motifs is 6. The van der Waals surface area contributed by atoms with Gasteiger partial charge in [-0.25, -0.2) is 0 Å². The maximum atomic E-state index is 6.92. The highest BCUT2D eigenvalue weighted by Gasteiger charge is 2.23. The van der Waals surface area contributed by atoms with Gasteiger partial charge in [-0.2, -0.15) is 0 Å². The molecule has 0 aliphatic heterocycles. The Kier molecular flexibility index (Phi) is 5.56. The molecule has 3 nitrogen and oxygen atoms in total. The Morgan fingerprint density at radius 1 is 0.487 bits per heavy atom. The minimum absolute atomic E-state index is 0.391. The standard InChI is InChI=1S/C36H27NO2/c1-38-35-22-25(37)18-21-34(35)39-36(32-14-6-12-28-26-10-4-2-8-23(26)16-19-30(28)32)33-15-7-13-29-27-11-5-3-9-24(27)17-20-31(29)33/h2-22,36H,37H2,1H3. The van der Waals surface area contributed by atoms with Crippen molar-refractivity contribution in [3.05, 3.63) is 139 Å². The summed E-state index contributed by atoms with van der Waals surface area (Å²) in [5.41, 5.74) is 8.89. The summed E-state index contributed by atoms with van der Waals surface area (Å²) >= 11 is 0. The molecular weight excluding hydrogens is 478 g/mol. The van der Waals surface area contributed by atoms with E-state index in [0.717, 1.165) is 21.9 Å². The van der Waals surface area contributed by atoms with E-state index in [1.807, 2.05) is 12.1 Å². The first-order valence-corrected chi connectivity index (χ1v) is 13.1. The van der Waals surface area contributed by atoms with Gasteiger partial charge in [-0.05, 0) is 55.2 Å². The van der Waals surface area contributed by atoms with Gasteiger partial charge in [-0.1, -0.05) is 109 Å². The summed E-state index contributed by atoms with van der Waals surface area (Å²) in [6.07, 6.45) is -0.391. The fourth-order valence-corrected chi connectivity index (χ4v) is 5.79. The highest BCUT2D eigenvalue weighted by Crippen LogP contribution is 2.41. The summed E-state index contributed by atoms with van der Waals surface area (Å²) in [6, 6.07) is 44.4. The lowest BCUT2D eigenvalue weighted by molar-refractivity contribution is 0.237. The van der Waals surface area contributed by atoms with Crippen molar-refractivity contribution in [2.75, 3.05) is 12.8 Å². The summed E-state index contributed by atoms with van der Waals surface area (Å²) in [7, 11) is 1.64. The van der Waals surface area contributed by atoms with Gasteiger partial charge in [0.25, 0.3) is 0 Å². The van der Waals surface area contributed by atoms with E-state index in [-0.39, 0.29) is 0 Å². The van der Waals surface area contributed by atoms with Gasteiger partial charge in [0.15, 0.2) is 17.6 Å². The second-order valence-electron chi connectivity index (χ2n) is 9.87. The molecule has 0 amide bonds. The molecule has 0 radical (unpaired) electrons. The van der Waals surface area contributed by atoms with Gasteiger partial charge in [-0.15, -0.1) is 0 Å². The van der Waals surface area contributed by atoms with E-state index in [1.165, 1.54) is 32.3 Å². The number of rotatable bonds is 5. The molecule has 0 aromatic heterocycles. The van der Waals surface area contributed by atoms with Crippen LogP contribution in [-0.2, 0) is 0 Å². The number of ether oxygens (including phenoxy) is 2. The number of anilines is 1. The summed E-state index contributed by atoms with van der Waals surface area (Å²) in [5, 5.41) is 9.62. The number of methoxy groups -OCH3 is 1. The molecule has 0 bridgehead atoms. The first-order chi connectivity index (χ1) is 19.2. The summed E-state index contributed by atoms with van der Waals surface area (Å²) in [4.78, 5) is 0. The SMILES string of the molecule is COc1cc(N)ccc1OC(c1cccc2c1ccc1ccccc12)c1cccc2c1ccc1ccccc12. The van der Waals surface area contributed by atoms with Gasteiger partial charge < -0.3 is 15.2 Å². The highest BCUT2D eigenvalue weighted by molar-refractivity contribution is 6.10. The monoisotopic (exact) mass is 505 g/mol. The maximum Gasteiger partial charge on any atom is 0.162 e. The molecule has 0 atom stereocenters. The second-order valence-corrected chi connectivity index (χ2v) is 9.87. The lowest BCUT2D eigenvalue weighted by Crippen LogP contribution is -2.11. The lowest BCUT2D eigenvalue weighted by Gasteiger charge is -2.25. The van der Waals surface area contributed by atoms with Gasteiger partial charge >= 0.3 is 0 Å². The molecule has 0 aliphatic rings. The second kappa shape index (κ2) is 9.38. The van der Waals surface area contributed by atoms with E-state index in [9.17, 15) is 0 Å². The van der Waals surface area contributed by atoms with Crippen molar-refractivity contribution < 1.29 is 9.47 Å². The van der Waals surface area contributed by atoms with Crippen molar-refractivity contribution in [3.8, 4) is 11.5 Å². The zero-order valence-electron chi connectivity index (χ0n) is 21.6. The molecule has 0 saturated carbocycles. The molecule has 7 aromatic rings. The third-order valence-electron chi connectivity index (χ3n) is 7.64. The topological polar surface area (TPSA) is 44.5 Å². The number of hydrogen-bond donors (Lipinski definition) is 1. The molecule has 3 heteroatoms. The molecule has 2 N–H and O–H groups in total. The third kappa shape index (κ3) is 3.91. The Morgan fingerprint density at radius 3 is 1.59 bits per heavy atom. The summed E-state index contributed by atoms with van der Waals surface area (Å²) in [6.45, 7) is 0. The van der Waals surface area contributed by atoms with Crippen LogP contribution in [0.1, 0.15) is 17.2 Å². The summed E-state index contributed by atoms with van der Waals surface area (Å²) in [5.74, 6) is 1.25. The Labute approximate surface area is 227 Å². The van der Waals surface area contributed by atoms with E-state index in [1.54, 1.807) is 13.2 Å². The van der Waals surface area contributed by atoms with Crippen LogP contribution in [0.25, 0.3) is 43.1 Å². The zero-order chi connectivity index (χ0) is 26.3. The Hall–Kier alpha value is -5.02. The number of nitrogen functional groups attached to an aromatic ring is 1. The van der Waals surface area contributed by atoms with E-state index in [0.29, 0.717) is 17.2 Å². The van der Waals surface area contributed by atoms with Crippen molar-refractivity contribution in [1.82, 2.24) is 0 Å². The minimum atomic E-state index is -0.391. The van der Waals surface area contributed by atoms with E-state index >= 15 is 0 Å². The van der Waals surface area contributed by atoms with E-state index in [2.05, 4.69) is 109 Å². The van der Waals surface area contributed by atoms with Crippen LogP contribution >= 0.6 is 0 Å². The lowest BCUT2D eigenvalue weighted by atomic mass is 9.89. The molecule has 0 aliphatic carbocycles. The Bertz CT molecular complexity index is 1890. The average Bonchev–Trinajstić information content (AvgIpc) is 2.99. The molecule has 0 heterocycles. The van der Waals surface area contributed by atoms with Gasteiger partial charge in [0, 0.05) is 22.9 Å². The van der Waals surface area contributed by atoms with Crippen molar-refractivity contribution >= 4 is 48.8 Å². The molecule has 0 fully saturated rings. The first-order valence-electron chi connectivity index (χ1n) is 13.1. The molecule has 7 aromatic carbocycles. The predicted octanol–water partition coefficient (Wildman–Crippen LogP) is 9.06. The molecule has 188 valence electrons. The number of nitrogens with two attached hydrogens (primary N) is 1. The van der Waals surface area contributed by atoms with Crippen LogP contribution in [-0.4, -0.2) is 7.11 Å². The van der Waals surface area contributed by atoms with E-state index in [4.69, 9.17) is 15.2 Å². The molecule has 0 unspecified atom stereocenters.